The van der Waals surface area contributed by atoms with Crippen LogP contribution in [0, 0.1) is 5.92 Å². The van der Waals surface area contributed by atoms with Crippen LogP contribution in [0.25, 0.3) is 10.2 Å². The van der Waals surface area contributed by atoms with Crippen molar-refractivity contribution < 1.29 is 17.9 Å². The average Bonchev–Trinajstić information content (AvgIpc) is 3.30. The highest BCUT2D eigenvalue weighted by atomic mass is 35.5. The van der Waals surface area contributed by atoms with Crippen LogP contribution in [0.5, 0.6) is 5.75 Å². The lowest BCUT2D eigenvalue weighted by molar-refractivity contribution is 0.0985. The maximum absolute atomic E-state index is 13.6. The molecule has 1 saturated heterocycles. The number of nitrogens with zero attached hydrogens (tertiary/aromatic N) is 4. The number of aromatic nitrogens is 1. The number of benzene rings is 2. The molecule has 36 heavy (non-hydrogen) atoms. The third-order valence-electron chi connectivity index (χ3n) is 6.27. The van der Waals surface area contributed by atoms with E-state index >= 15 is 0 Å². The molecule has 0 bridgehead atoms. The topological polar surface area (TPSA) is 83.0 Å². The molecule has 0 spiro atoms. The highest BCUT2D eigenvalue weighted by Crippen LogP contribution is 2.39. The minimum absolute atomic E-state index is 0.199. The number of thiazole rings is 1. The van der Waals surface area contributed by atoms with E-state index in [9.17, 15) is 13.2 Å². The van der Waals surface area contributed by atoms with Crippen LogP contribution < -0.4 is 9.64 Å². The number of sulfonamides is 1. The van der Waals surface area contributed by atoms with E-state index in [1.54, 1.807) is 40.6 Å². The number of carbonyl (C=O) groups is 1. The molecule has 1 fully saturated rings. The highest BCUT2D eigenvalue weighted by Gasteiger charge is 2.29. The summed E-state index contributed by atoms with van der Waals surface area (Å²) in [6.45, 7) is 4.13. The standard InChI is InChI=1S/C25H31ClN4O4S2/c1-17-6-5-13-29(16-17)36(32,33)19-9-7-18(8-10-19)24(31)30(15-14-28(2)3)25-27-22-21(34-4)12-11-20(26)23(22)35-25/h7-12,17H,5-6,13-16H2,1-4H3. The van der Waals surface area contributed by atoms with E-state index in [2.05, 4.69) is 11.9 Å². The van der Waals surface area contributed by atoms with Gasteiger partial charge in [-0.1, -0.05) is 29.9 Å². The van der Waals surface area contributed by atoms with Crippen molar-refractivity contribution in [3.63, 3.8) is 0 Å². The van der Waals surface area contributed by atoms with Gasteiger partial charge in [-0.2, -0.15) is 4.31 Å². The van der Waals surface area contributed by atoms with Gasteiger partial charge in [0.1, 0.15) is 11.3 Å². The van der Waals surface area contributed by atoms with Crippen molar-refractivity contribution >= 4 is 54.2 Å². The predicted octanol–water partition coefficient (Wildman–Crippen LogP) is 4.59. The number of likely N-dealkylation sites (N-methyl/N-ethyl adjacent to an activating group) is 1. The maximum Gasteiger partial charge on any atom is 0.260 e. The van der Waals surface area contributed by atoms with Gasteiger partial charge < -0.3 is 9.64 Å². The van der Waals surface area contributed by atoms with Gasteiger partial charge in [-0.05, 0) is 69.3 Å². The van der Waals surface area contributed by atoms with Crippen molar-refractivity contribution in [2.45, 2.75) is 24.7 Å². The Balaban J connectivity index is 1.65. The second-order valence-corrected chi connectivity index (χ2v) is 12.6. The van der Waals surface area contributed by atoms with Crippen LogP contribution in [0.15, 0.2) is 41.3 Å². The first kappa shape index (κ1) is 26.8. The van der Waals surface area contributed by atoms with Gasteiger partial charge in [-0.15, -0.1) is 0 Å². The average molecular weight is 551 g/mol. The lowest BCUT2D eigenvalue weighted by atomic mass is 10.0. The molecule has 0 radical (unpaired) electrons. The molecule has 3 aromatic rings. The second-order valence-electron chi connectivity index (χ2n) is 9.32. The monoisotopic (exact) mass is 550 g/mol. The molecule has 2 heterocycles. The largest absolute Gasteiger partial charge is 0.494 e. The van der Waals surface area contributed by atoms with Crippen LogP contribution in [0.2, 0.25) is 5.02 Å². The van der Waals surface area contributed by atoms with Crippen LogP contribution in [0.3, 0.4) is 0 Å². The van der Waals surface area contributed by atoms with E-state index in [1.165, 1.54) is 23.5 Å². The van der Waals surface area contributed by atoms with E-state index in [0.29, 0.717) is 59.1 Å². The number of methoxy groups -OCH3 is 1. The van der Waals surface area contributed by atoms with E-state index in [4.69, 9.17) is 16.3 Å². The molecule has 194 valence electrons. The van der Waals surface area contributed by atoms with Crippen LogP contribution in [0.4, 0.5) is 5.13 Å². The van der Waals surface area contributed by atoms with Gasteiger partial charge in [0.2, 0.25) is 10.0 Å². The first-order valence-corrected chi connectivity index (χ1v) is 14.4. The molecule has 1 aliphatic rings. The summed E-state index contributed by atoms with van der Waals surface area (Å²) in [5.41, 5.74) is 0.988. The summed E-state index contributed by atoms with van der Waals surface area (Å²) in [6, 6.07) is 9.69. The number of hydrogen-bond donors (Lipinski definition) is 0. The Hall–Kier alpha value is -2.24. The SMILES string of the molecule is COc1ccc(Cl)c2sc(N(CCN(C)C)C(=O)c3ccc(S(=O)(=O)N4CCCC(C)C4)cc3)nc12. The van der Waals surface area contributed by atoms with Crippen molar-refractivity contribution in [1.29, 1.82) is 0 Å². The van der Waals surface area contributed by atoms with Crippen LogP contribution in [0.1, 0.15) is 30.1 Å². The number of ether oxygens (including phenoxy) is 1. The number of carbonyl (C=O) groups excluding carboxylic acids is 1. The summed E-state index contributed by atoms with van der Waals surface area (Å²) in [4.78, 5) is 22.1. The van der Waals surface area contributed by atoms with Gasteiger partial charge in [0, 0.05) is 31.7 Å². The minimum atomic E-state index is -3.60. The van der Waals surface area contributed by atoms with Crippen LogP contribution >= 0.6 is 22.9 Å². The molecular weight excluding hydrogens is 520 g/mol. The number of amides is 1. The fraction of sp³-hybridized carbons (Fsp3) is 0.440. The molecule has 11 heteroatoms. The predicted molar refractivity (Wildman–Crippen MR) is 145 cm³/mol. The Morgan fingerprint density at radius 3 is 2.56 bits per heavy atom. The number of halogens is 1. The Bertz CT molecular complexity index is 1340. The lowest BCUT2D eigenvalue weighted by Gasteiger charge is -2.30. The molecule has 1 atom stereocenters. The van der Waals surface area contributed by atoms with E-state index in [-0.39, 0.29) is 10.8 Å². The third-order valence-corrected chi connectivity index (χ3v) is 9.69. The first-order chi connectivity index (χ1) is 17.1. The molecule has 0 saturated carbocycles. The maximum atomic E-state index is 13.6. The summed E-state index contributed by atoms with van der Waals surface area (Å²) in [5.74, 6) is 0.653. The van der Waals surface area contributed by atoms with Crippen LogP contribution in [-0.2, 0) is 10.0 Å². The number of fused-ring (bicyclic) bond motifs is 1. The summed E-state index contributed by atoms with van der Waals surface area (Å²) in [5, 5.41) is 1.04. The molecular formula is C25H31ClN4O4S2. The van der Waals surface area contributed by atoms with E-state index in [1.807, 2.05) is 19.0 Å². The number of anilines is 1. The van der Waals surface area contributed by atoms with Gasteiger partial charge in [0.05, 0.1) is 21.7 Å². The molecule has 0 N–H and O–H groups in total. The van der Waals surface area contributed by atoms with Gasteiger partial charge in [-0.3, -0.25) is 9.69 Å². The Morgan fingerprint density at radius 2 is 1.92 bits per heavy atom. The second kappa shape index (κ2) is 11.0. The molecule has 1 aromatic heterocycles. The van der Waals surface area contributed by atoms with Gasteiger partial charge in [-0.25, -0.2) is 13.4 Å². The van der Waals surface area contributed by atoms with Crippen molar-refractivity contribution in [2.24, 2.45) is 5.92 Å². The van der Waals surface area contributed by atoms with Gasteiger partial charge >= 0.3 is 0 Å². The quantitative estimate of drug-likeness (QED) is 0.408. The Morgan fingerprint density at radius 1 is 1.19 bits per heavy atom. The number of rotatable bonds is 8. The summed E-state index contributed by atoms with van der Waals surface area (Å²) < 4.78 is 34.0. The summed E-state index contributed by atoms with van der Waals surface area (Å²) >= 11 is 7.73. The van der Waals surface area contributed by atoms with Crippen LogP contribution in [-0.4, -0.2) is 75.9 Å². The Labute approximate surface area is 221 Å². The van der Waals surface area contributed by atoms with Gasteiger partial charge in [0.25, 0.3) is 5.91 Å². The zero-order valence-electron chi connectivity index (χ0n) is 20.9. The number of hydrogen-bond acceptors (Lipinski definition) is 7. The van der Waals surface area contributed by atoms with Crippen molar-refractivity contribution in [1.82, 2.24) is 14.2 Å². The first-order valence-electron chi connectivity index (χ1n) is 11.8. The molecule has 1 unspecified atom stereocenters. The van der Waals surface area contributed by atoms with Crippen molar-refractivity contribution in [3.05, 3.63) is 47.0 Å². The fourth-order valence-electron chi connectivity index (χ4n) is 4.24. The zero-order chi connectivity index (χ0) is 26.0. The normalized spacial score (nSPS) is 17.0. The molecule has 2 aromatic carbocycles. The molecule has 8 nitrogen and oxygen atoms in total. The smallest absolute Gasteiger partial charge is 0.260 e. The van der Waals surface area contributed by atoms with E-state index < -0.39 is 10.0 Å². The zero-order valence-corrected chi connectivity index (χ0v) is 23.3. The highest BCUT2D eigenvalue weighted by molar-refractivity contribution is 7.89. The molecule has 4 rings (SSSR count). The van der Waals surface area contributed by atoms with Crippen molar-refractivity contribution in [2.75, 3.05) is 52.3 Å². The molecule has 1 aliphatic heterocycles. The summed E-state index contributed by atoms with van der Waals surface area (Å²) in [7, 11) is 1.83. The van der Waals surface area contributed by atoms with Crippen molar-refractivity contribution in [3.8, 4) is 5.75 Å². The molecule has 1 amide bonds. The number of piperidine rings is 1. The fourth-order valence-corrected chi connectivity index (χ4v) is 7.12. The minimum Gasteiger partial charge on any atom is -0.494 e. The lowest BCUT2D eigenvalue weighted by Crippen LogP contribution is -2.39. The Kier molecular flexibility index (Phi) is 8.21. The molecule has 0 aliphatic carbocycles. The van der Waals surface area contributed by atoms with E-state index in [0.717, 1.165) is 17.5 Å². The summed E-state index contributed by atoms with van der Waals surface area (Å²) in [6.07, 6.45) is 1.89. The van der Waals surface area contributed by atoms with Gasteiger partial charge in [0.15, 0.2) is 5.13 Å². The third kappa shape index (κ3) is 5.52.